The monoisotopic (exact) mass is 567 g/mol. The molecular weight excluding hydrogens is 518 g/mol. The summed E-state index contributed by atoms with van der Waals surface area (Å²) in [5.41, 5.74) is 0.697. The fourth-order valence-electron chi connectivity index (χ4n) is 4.62. The van der Waals surface area contributed by atoms with Gasteiger partial charge in [-0.2, -0.15) is 0 Å². The minimum Gasteiger partial charge on any atom is -0.508 e. The second-order valence-electron chi connectivity index (χ2n) is 11.8. The molecule has 0 saturated heterocycles. The van der Waals surface area contributed by atoms with Gasteiger partial charge in [-0.3, -0.25) is 9.59 Å². The van der Waals surface area contributed by atoms with E-state index in [0.29, 0.717) is 12.1 Å². The summed E-state index contributed by atoms with van der Waals surface area (Å²) >= 11 is 0. The summed E-state index contributed by atoms with van der Waals surface area (Å²) in [6.07, 6.45) is 5.61. The topological polar surface area (TPSA) is 108 Å². The number of hydrogen-bond acceptors (Lipinski definition) is 5. The van der Waals surface area contributed by atoms with Crippen molar-refractivity contribution in [1.29, 1.82) is 0 Å². The zero-order chi connectivity index (χ0) is 30.4. The average molecular weight is 568 g/mol. The number of ether oxygens (including phenoxy) is 1. The zero-order valence-electron chi connectivity index (χ0n) is 25.6. The Kier molecular flexibility index (Phi) is 13.7. The maximum absolute atomic E-state index is 14.4. The molecule has 0 fully saturated rings. The first-order valence-corrected chi connectivity index (χ1v) is 14.8. The Morgan fingerprint density at radius 3 is 2.07 bits per heavy atom. The van der Waals surface area contributed by atoms with Crippen molar-refractivity contribution in [2.75, 3.05) is 6.54 Å². The second-order valence-corrected chi connectivity index (χ2v) is 11.8. The Labute approximate surface area is 245 Å². The van der Waals surface area contributed by atoms with Crippen LogP contribution in [0.4, 0.5) is 4.79 Å². The van der Waals surface area contributed by atoms with Crippen LogP contribution in [-0.2, 0) is 20.7 Å². The highest BCUT2D eigenvalue weighted by atomic mass is 16.6. The second kappa shape index (κ2) is 16.7. The number of nitrogens with zero attached hydrogens (tertiary/aromatic N) is 1. The van der Waals surface area contributed by atoms with Gasteiger partial charge >= 0.3 is 6.09 Å². The maximum atomic E-state index is 14.4. The highest BCUT2D eigenvalue weighted by Crippen LogP contribution is 2.25. The normalized spacial score (nSPS) is 12.9. The van der Waals surface area contributed by atoms with Crippen LogP contribution in [0.1, 0.15) is 97.2 Å². The van der Waals surface area contributed by atoms with Gasteiger partial charge in [-0.25, -0.2) is 4.79 Å². The van der Waals surface area contributed by atoms with E-state index in [9.17, 15) is 19.5 Å². The van der Waals surface area contributed by atoms with Crippen LogP contribution in [0.25, 0.3) is 0 Å². The Morgan fingerprint density at radius 1 is 0.878 bits per heavy atom. The van der Waals surface area contributed by atoms with E-state index in [1.54, 1.807) is 49.9 Å². The van der Waals surface area contributed by atoms with Crippen molar-refractivity contribution >= 4 is 17.9 Å². The summed E-state index contributed by atoms with van der Waals surface area (Å²) in [6.45, 7) is 11.6. The van der Waals surface area contributed by atoms with Gasteiger partial charge in [0.2, 0.25) is 11.8 Å². The molecule has 2 atom stereocenters. The SMILES string of the molecule is CCCCCCCCN(C(=O)C(Cc1ccc(O)cc1)NC(=O)OC(C)(C)C)C(C(=O)NC(C)C)c1ccccc1. The van der Waals surface area contributed by atoms with E-state index >= 15 is 0 Å². The summed E-state index contributed by atoms with van der Waals surface area (Å²) in [5, 5.41) is 15.5. The van der Waals surface area contributed by atoms with Crippen LogP contribution in [0.15, 0.2) is 54.6 Å². The van der Waals surface area contributed by atoms with Gasteiger partial charge in [0.05, 0.1) is 0 Å². The van der Waals surface area contributed by atoms with Crippen molar-refractivity contribution in [1.82, 2.24) is 15.5 Å². The lowest BCUT2D eigenvalue weighted by molar-refractivity contribution is -0.142. The molecule has 0 aliphatic carbocycles. The van der Waals surface area contributed by atoms with E-state index in [1.807, 2.05) is 44.2 Å². The first-order chi connectivity index (χ1) is 19.4. The summed E-state index contributed by atoms with van der Waals surface area (Å²) in [6, 6.07) is 13.8. The molecule has 8 nitrogen and oxygen atoms in total. The van der Waals surface area contributed by atoms with Crippen molar-refractivity contribution in [3.8, 4) is 5.75 Å². The molecule has 0 aliphatic heterocycles. The van der Waals surface area contributed by atoms with Crippen LogP contribution in [0.3, 0.4) is 0 Å². The zero-order valence-corrected chi connectivity index (χ0v) is 25.6. The Morgan fingerprint density at radius 2 is 1.49 bits per heavy atom. The van der Waals surface area contributed by atoms with Crippen LogP contribution in [0.2, 0.25) is 0 Å². The molecule has 0 heterocycles. The van der Waals surface area contributed by atoms with Gasteiger partial charge in [0.15, 0.2) is 0 Å². The first kappa shape index (κ1) is 33.7. The van der Waals surface area contributed by atoms with Crippen molar-refractivity contribution in [3.63, 3.8) is 0 Å². The highest BCUT2D eigenvalue weighted by Gasteiger charge is 2.36. The number of nitrogens with one attached hydrogen (secondary N) is 2. The van der Waals surface area contributed by atoms with E-state index in [0.717, 1.165) is 37.7 Å². The number of amides is 3. The van der Waals surface area contributed by atoms with E-state index in [-0.39, 0.29) is 30.0 Å². The van der Waals surface area contributed by atoms with Crippen molar-refractivity contribution in [3.05, 3.63) is 65.7 Å². The van der Waals surface area contributed by atoms with Crippen molar-refractivity contribution in [2.24, 2.45) is 0 Å². The lowest BCUT2D eigenvalue weighted by Gasteiger charge is -2.35. The molecule has 41 heavy (non-hydrogen) atoms. The number of alkyl carbamates (subject to hydrolysis) is 1. The number of carbonyl (C=O) groups is 3. The summed E-state index contributed by atoms with van der Waals surface area (Å²) in [4.78, 5) is 42.6. The van der Waals surface area contributed by atoms with E-state index in [4.69, 9.17) is 4.74 Å². The molecule has 2 unspecified atom stereocenters. The molecule has 0 saturated carbocycles. The third kappa shape index (κ3) is 12.2. The number of benzene rings is 2. The summed E-state index contributed by atoms with van der Waals surface area (Å²) in [5.74, 6) is -0.535. The Hall–Kier alpha value is -3.55. The fraction of sp³-hybridized carbons (Fsp3) is 0.545. The Balaban J connectivity index is 2.48. The molecule has 0 spiro atoms. The molecule has 0 aliphatic rings. The maximum Gasteiger partial charge on any atom is 0.408 e. The van der Waals surface area contributed by atoms with Gasteiger partial charge in [-0.15, -0.1) is 0 Å². The predicted octanol–water partition coefficient (Wildman–Crippen LogP) is 6.28. The van der Waals surface area contributed by atoms with E-state index < -0.39 is 23.8 Å². The molecule has 3 N–H and O–H groups in total. The van der Waals surface area contributed by atoms with Crippen LogP contribution < -0.4 is 10.6 Å². The molecular formula is C33H49N3O5. The number of unbranched alkanes of at least 4 members (excludes halogenated alkanes) is 5. The molecule has 8 heteroatoms. The molecule has 2 aromatic carbocycles. The molecule has 0 radical (unpaired) electrons. The lowest BCUT2D eigenvalue weighted by Crippen LogP contribution is -2.54. The number of rotatable bonds is 15. The van der Waals surface area contributed by atoms with Gasteiger partial charge in [0.25, 0.3) is 0 Å². The van der Waals surface area contributed by atoms with Crippen molar-refractivity contribution in [2.45, 2.75) is 110 Å². The van der Waals surface area contributed by atoms with Crippen LogP contribution in [-0.4, -0.2) is 52.1 Å². The molecule has 2 rings (SSSR count). The van der Waals surface area contributed by atoms with Gasteiger partial charge in [-0.1, -0.05) is 81.5 Å². The molecule has 226 valence electrons. The number of phenolic OH excluding ortho intramolecular Hbond substituents is 1. The minimum absolute atomic E-state index is 0.107. The Bertz CT molecular complexity index is 1080. The third-order valence-electron chi connectivity index (χ3n) is 6.51. The first-order valence-electron chi connectivity index (χ1n) is 14.8. The van der Waals surface area contributed by atoms with Crippen molar-refractivity contribution < 1.29 is 24.2 Å². The van der Waals surface area contributed by atoms with E-state index in [1.165, 1.54) is 6.42 Å². The fourth-order valence-corrected chi connectivity index (χ4v) is 4.62. The van der Waals surface area contributed by atoms with Gasteiger partial charge in [0.1, 0.15) is 23.4 Å². The molecule has 0 aromatic heterocycles. The van der Waals surface area contributed by atoms with Gasteiger partial charge < -0.3 is 25.4 Å². The third-order valence-corrected chi connectivity index (χ3v) is 6.51. The number of phenols is 1. The highest BCUT2D eigenvalue weighted by molar-refractivity contribution is 5.92. The summed E-state index contributed by atoms with van der Waals surface area (Å²) in [7, 11) is 0. The molecule has 3 amide bonds. The smallest absolute Gasteiger partial charge is 0.408 e. The molecule has 2 aromatic rings. The largest absolute Gasteiger partial charge is 0.508 e. The van der Waals surface area contributed by atoms with E-state index in [2.05, 4.69) is 17.6 Å². The van der Waals surface area contributed by atoms with Crippen LogP contribution >= 0.6 is 0 Å². The summed E-state index contributed by atoms with van der Waals surface area (Å²) < 4.78 is 5.50. The lowest BCUT2D eigenvalue weighted by atomic mass is 9.99. The minimum atomic E-state index is -0.993. The van der Waals surface area contributed by atoms with Crippen LogP contribution in [0.5, 0.6) is 5.75 Å². The average Bonchev–Trinajstić information content (AvgIpc) is 2.89. The van der Waals surface area contributed by atoms with Gasteiger partial charge in [-0.05, 0) is 64.3 Å². The molecule has 0 bridgehead atoms. The number of carbonyl (C=O) groups excluding carboxylic acids is 3. The van der Waals surface area contributed by atoms with Crippen LogP contribution in [0, 0.1) is 0 Å². The standard InChI is InChI=1S/C33H49N3O5/c1-7-8-9-10-11-15-22-36(29(30(38)34-24(2)3)26-16-13-12-14-17-26)31(39)28(35-32(40)41-33(4,5)6)23-25-18-20-27(37)21-19-25/h12-14,16-21,24,28-29,37H,7-11,15,22-23H2,1-6H3,(H,34,38)(H,35,40). The van der Waals surface area contributed by atoms with Gasteiger partial charge in [0, 0.05) is 19.0 Å². The number of aromatic hydroxyl groups is 1. The number of hydrogen-bond donors (Lipinski definition) is 3. The predicted molar refractivity (Wildman–Crippen MR) is 163 cm³/mol. The quantitative estimate of drug-likeness (QED) is 0.220.